The summed E-state index contributed by atoms with van der Waals surface area (Å²) in [4.78, 5) is 27.2. The number of nitrogens with one attached hydrogen (secondary N) is 1. The van der Waals surface area contributed by atoms with Crippen LogP contribution >= 0.6 is 12.2 Å². The summed E-state index contributed by atoms with van der Waals surface area (Å²) in [5, 5.41) is 2.55. The molecule has 1 aliphatic heterocycles. The number of benzene rings is 2. The Morgan fingerprint density at radius 2 is 1.84 bits per heavy atom. The maximum atomic E-state index is 13.3. The molecule has 0 aliphatic carbocycles. The summed E-state index contributed by atoms with van der Waals surface area (Å²) in [7, 11) is 3.01. The van der Waals surface area contributed by atoms with Gasteiger partial charge in [-0.05, 0) is 49.8 Å². The third-order valence-electron chi connectivity index (χ3n) is 4.85. The van der Waals surface area contributed by atoms with Crippen molar-refractivity contribution in [1.29, 1.82) is 0 Å². The lowest BCUT2D eigenvalue weighted by Gasteiger charge is -2.30. The van der Waals surface area contributed by atoms with Gasteiger partial charge >= 0.3 is 0 Å². The molecule has 2 aromatic carbocycles. The topological polar surface area (TPSA) is 77.1 Å². The highest BCUT2D eigenvalue weighted by molar-refractivity contribution is 7.80. The van der Waals surface area contributed by atoms with Crippen LogP contribution < -0.4 is 24.4 Å². The van der Waals surface area contributed by atoms with Crippen molar-refractivity contribution in [2.45, 2.75) is 26.4 Å². The summed E-state index contributed by atoms with van der Waals surface area (Å²) >= 11 is 5.28. The van der Waals surface area contributed by atoms with Crippen LogP contribution in [0.3, 0.4) is 0 Å². The maximum absolute atomic E-state index is 13.3. The van der Waals surface area contributed by atoms with Crippen LogP contribution in [0.15, 0.2) is 48.0 Å². The summed E-state index contributed by atoms with van der Waals surface area (Å²) in [6, 6.07) is 12.2. The van der Waals surface area contributed by atoms with Gasteiger partial charge in [-0.3, -0.25) is 14.9 Å². The van der Waals surface area contributed by atoms with E-state index in [0.29, 0.717) is 28.5 Å². The molecular formula is C23H24N2O5S. The minimum atomic E-state index is -0.572. The predicted molar refractivity (Wildman–Crippen MR) is 123 cm³/mol. The molecule has 7 nitrogen and oxygen atoms in total. The monoisotopic (exact) mass is 440 g/mol. The van der Waals surface area contributed by atoms with E-state index in [0.717, 1.165) is 6.42 Å². The van der Waals surface area contributed by atoms with E-state index >= 15 is 0 Å². The minimum absolute atomic E-state index is 0.0110. The third-order valence-corrected chi connectivity index (χ3v) is 5.14. The molecule has 0 unspecified atom stereocenters. The number of ether oxygens (including phenoxy) is 3. The van der Waals surface area contributed by atoms with Crippen LogP contribution in [0.1, 0.15) is 25.8 Å². The Morgan fingerprint density at radius 3 is 2.52 bits per heavy atom. The molecule has 162 valence electrons. The second-order valence-corrected chi connectivity index (χ2v) is 7.26. The molecule has 1 fully saturated rings. The van der Waals surface area contributed by atoms with E-state index in [-0.39, 0.29) is 16.8 Å². The Kier molecular flexibility index (Phi) is 6.91. The Labute approximate surface area is 186 Å². The first-order valence-corrected chi connectivity index (χ1v) is 10.2. The summed E-state index contributed by atoms with van der Waals surface area (Å²) < 4.78 is 16.6. The molecule has 0 radical (unpaired) electrons. The zero-order valence-corrected chi connectivity index (χ0v) is 18.6. The molecular weight excluding hydrogens is 416 g/mol. The Hall–Kier alpha value is -3.39. The fourth-order valence-corrected chi connectivity index (χ4v) is 3.28. The van der Waals surface area contributed by atoms with Gasteiger partial charge in [-0.15, -0.1) is 0 Å². The van der Waals surface area contributed by atoms with E-state index in [1.807, 2.05) is 26.0 Å². The normalized spacial score (nSPS) is 16.2. The highest BCUT2D eigenvalue weighted by Crippen LogP contribution is 2.34. The van der Waals surface area contributed by atoms with Crippen LogP contribution in [0.4, 0.5) is 5.69 Å². The van der Waals surface area contributed by atoms with Gasteiger partial charge in [0.1, 0.15) is 22.8 Å². The van der Waals surface area contributed by atoms with E-state index in [2.05, 4.69) is 5.32 Å². The van der Waals surface area contributed by atoms with E-state index in [4.69, 9.17) is 26.4 Å². The number of amides is 2. The van der Waals surface area contributed by atoms with Gasteiger partial charge < -0.3 is 14.2 Å². The molecule has 1 heterocycles. The van der Waals surface area contributed by atoms with Crippen LogP contribution in [0.2, 0.25) is 0 Å². The first-order chi connectivity index (χ1) is 14.9. The number of para-hydroxylation sites is 1. The molecule has 2 amide bonds. The van der Waals surface area contributed by atoms with Crippen LogP contribution in [0.25, 0.3) is 6.08 Å². The van der Waals surface area contributed by atoms with Gasteiger partial charge in [0.05, 0.1) is 26.0 Å². The van der Waals surface area contributed by atoms with Crippen molar-refractivity contribution < 1.29 is 23.8 Å². The number of hydrogen-bond donors (Lipinski definition) is 1. The lowest BCUT2D eigenvalue weighted by molar-refractivity contribution is -0.122. The zero-order valence-electron chi connectivity index (χ0n) is 17.8. The maximum Gasteiger partial charge on any atom is 0.270 e. The molecule has 0 aromatic heterocycles. The predicted octanol–water partition coefficient (Wildman–Crippen LogP) is 3.71. The van der Waals surface area contributed by atoms with Crippen LogP contribution in [0.5, 0.6) is 17.2 Å². The van der Waals surface area contributed by atoms with Gasteiger partial charge in [-0.2, -0.15) is 0 Å². The van der Waals surface area contributed by atoms with Crippen molar-refractivity contribution in [3.05, 3.63) is 53.6 Å². The van der Waals surface area contributed by atoms with Gasteiger partial charge in [0, 0.05) is 11.6 Å². The lowest BCUT2D eigenvalue weighted by atomic mass is 10.1. The lowest BCUT2D eigenvalue weighted by Crippen LogP contribution is -2.54. The van der Waals surface area contributed by atoms with Crippen molar-refractivity contribution in [3.63, 3.8) is 0 Å². The number of hydrogen-bond acceptors (Lipinski definition) is 6. The molecule has 1 N–H and O–H groups in total. The highest BCUT2D eigenvalue weighted by atomic mass is 32.1. The summed E-state index contributed by atoms with van der Waals surface area (Å²) in [6.45, 7) is 3.98. The summed E-state index contributed by atoms with van der Waals surface area (Å²) in [6.07, 6.45) is 2.33. The largest absolute Gasteiger partial charge is 0.497 e. The first-order valence-electron chi connectivity index (χ1n) is 9.78. The Morgan fingerprint density at radius 1 is 1.10 bits per heavy atom. The van der Waals surface area contributed by atoms with Crippen LogP contribution in [-0.4, -0.2) is 37.3 Å². The molecule has 1 saturated heterocycles. The molecule has 31 heavy (non-hydrogen) atoms. The van der Waals surface area contributed by atoms with Crippen LogP contribution in [-0.2, 0) is 9.59 Å². The Bertz CT molecular complexity index is 1050. The number of nitrogens with zero attached hydrogens (tertiary/aromatic N) is 1. The van der Waals surface area contributed by atoms with Gasteiger partial charge in [-0.1, -0.05) is 25.1 Å². The van der Waals surface area contributed by atoms with Gasteiger partial charge in [0.25, 0.3) is 11.8 Å². The first kappa shape index (κ1) is 22.3. The van der Waals surface area contributed by atoms with Gasteiger partial charge in [-0.25, -0.2) is 4.90 Å². The number of rotatable bonds is 7. The molecule has 0 bridgehead atoms. The molecule has 1 atom stereocenters. The van der Waals surface area contributed by atoms with E-state index in [1.54, 1.807) is 30.3 Å². The number of thiocarbonyl (C=S) groups is 1. The van der Waals surface area contributed by atoms with Crippen LogP contribution in [0, 0.1) is 0 Å². The SMILES string of the molecule is CC[C@H](C)Oc1ccccc1/C=C1\C(=O)NC(=S)N(c2ccc(OC)cc2OC)C1=O. The van der Waals surface area contributed by atoms with Crippen molar-refractivity contribution in [2.75, 3.05) is 19.1 Å². The fourth-order valence-electron chi connectivity index (χ4n) is 3.01. The number of carbonyl (C=O) groups is 2. The van der Waals surface area contributed by atoms with Gasteiger partial charge in [0.2, 0.25) is 0 Å². The quantitative estimate of drug-likeness (QED) is 0.402. The number of carbonyl (C=O) groups excluding carboxylic acids is 2. The molecule has 0 saturated carbocycles. The van der Waals surface area contributed by atoms with E-state index in [1.165, 1.54) is 25.2 Å². The van der Waals surface area contributed by atoms with Gasteiger partial charge in [0.15, 0.2) is 5.11 Å². The highest BCUT2D eigenvalue weighted by Gasteiger charge is 2.36. The number of anilines is 1. The second kappa shape index (κ2) is 9.61. The zero-order chi connectivity index (χ0) is 22.5. The molecule has 8 heteroatoms. The summed E-state index contributed by atoms with van der Waals surface area (Å²) in [5.74, 6) is 0.400. The smallest absolute Gasteiger partial charge is 0.270 e. The average molecular weight is 441 g/mol. The second-order valence-electron chi connectivity index (χ2n) is 6.87. The molecule has 1 aliphatic rings. The average Bonchev–Trinajstić information content (AvgIpc) is 2.77. The van der Waals surface area contributed by atoms with Crippen molar-refractivity contribution in [3.8, 4) is 17.2 Å². The molecule has 3 rings (SSSR count). The molecule has 0 spiro atoms. The minimum Gasteiger partial charge on any atom is -0.497 e. The van der Waals surface area contributed by atoms with Crippen molar-refractivity contribution in [2.24, 2.45) is 0 Å². The fraction of sp³-hybridized carbons (Fsp3) is 0.261. The van der Waals surface area contributed by atoms with Crippen molar-refractivity contribution in [1.82, 2.24) is 5.32 Å². The van der Waals surface area contributed by atoms with E-state index in [9.17, 15) is 9.59 Å². The van der Waals surface area contributed by atoms with E-state index < -0.39 is 11.8 Å². The standard InChI is InChI=1S/C23H24N2O5S/c1-5-14(2)30-19-9-7-6-8-15(19)12-17-21(26)24-23(31)25(22(17)27)18-11-10-16(28-3)13-20(18)29-4/h6-14H,5H2,1-4H3,(H,24,26,31)/b17-12+/t14-/m0/s1. The third kappa shape index (κ3) is 4.69. The summed E-state index contributed by atoms with van der Waals surface area (Å²) in [5.41, 5.74) is 0.954. The number of methoxy groups -OCH3 is 2. The van der Waals surface area contributed by atoms with Crippen molar-refractivity contribution >= 4 is 40.9 Å². The molecule has 2 aromatic rings. The Balaban J connectivity index is 2.04.